The molecule has 1 amide bonds. The Morgan fingerprint density at radius 2 is 1.86 bits per heavy atom. The van der Waals surface area contributed by atoms with Crippen LogP contribution in [0.3, 0.4) is 0 Å². The summed E-state index contributed by atoms with van der Waals surface area (Å²) in [5, 5.41) is 0. The van der Waals surface area contributed by atoms with E-state index < -0.39 is 0 Å². The zero-order valence-electron chi connectivity index (χ0n) is 16.4. The van der Waals surface area contributed by atoms with Gasteiger partial charge in [0.05, 0.1) is 13.1 Å². The van der Waals surface area contributed by atoms with Gasteiger partial charge in [-0.05, 0) is 73.0 Å². The number of hydrogen-bond acceptors (Lipinski definition) is 3. The fourth-order valence-electron chi connectivity index (χ4n) is 4.40. The molecule has 0 unspecified atom stereocenters. The van der Waals surface area contributed by atoms with Gasteiger partial charge in [0.1, 0.15) is 11.5 Å². The summed E-state index contributed by atoms with van der Waals surface area (Å²) in [7, 11) is 4.06. The van der Waals surface area contributed by atoms with Gasteiger partial charge in [-0.3, -0.25) is 4.79 Å². The van der Waals surface area contributed by atoms with E-state index in [0.717, 1.165) is 43.0 Å². The van der Waals surface area contributed by atoms with Crippen molar-refractivity contribution in [1.29, 1.82) is 0 Å². The standard InChI is InChI=1S/C24H24N2O2/c1-25(2)14-20-13-17-9-10-26(15-23(17)28-20)24(27)18-7-8-22-19(12-18)11-16-5-3-4-6-21(16)22/h3-8,12-13H,9-11,14-15H2,1-2H3. The summed E-state index contributed by atoms with van der Waals surface area (Å²) in [6.45, 7) is 2.08. The predicted octanol–water partition coefficient (Wildman–Crippen LogP) is 4.11. The van der Waals surface area contributed by atoms with Gasteiger partial charge in [-0.25, -0.2) is 0 Å². The van der Waals surface area contributed by atoms with E-state index in [1.165, 1.54) is 27.8 Å². The first-order valence-electron chi connectivity index (χ1n) is 9.84. The fourth-order valence-corrected chi connectivity index (χ4v) is 4.40. The monoisotopic (exact) mass is 372 g/mol. The molecule has 2 aromatic carbocycles. The third-order valence-corrected chi connectivity index (χ3v) is 5.73. The van der Waals surface area contributed by atoms with Crippen molar-refractivity contribution >= 4 is 5.91 Å². The van der Waals surface area contributed by atoms with Crippen molar-refractivity contribution in [3.05, 3.63) is 82.3 Å². The molecule has 4 nitrogen and oxygen atoms in total. The van der Waals surface area contributed by atoms with Crippen LogP contribution in [0.4, 0.5) is 0 Å². The predicted molar refractivity (Wildman–Crippen MR) is 109 cm³/mol. The number of carbonyl (C=O) groups is 1. The van der Waals surface area contributed by atoms with E-state index in [1.807, 2.05) is 25.1 Å². The molecule has 1 aromatic heterocycles. The van der Waals surface area contributed by atoms with E-state index in [1.54, 1.807) is 0 Å². The third kappa shape index (κ3) is 2.94. The lowest BCUT2D eigenvalue weighted by Crippen LogP contribution is -2.35. The number of rotatable bonds is 3. The Hall–Kier alpha value is -2.85. The molecule has 5 rings (SSSR count). The summed E-state index contributed by atoms with van der Waals surface area (Å²) in [4.78, 5) is 17.1. The second kappa shape index (κ2) is 6.64. The van der Waals surface area contributed by atoms with Gasteiger partial charge in [0.25, 0.3) is 5.91 Å². The van der Waals surface area contributed by atoms with Gasteiger partial charge in [0.15, 0.2) is 0 Å². The molecule has 0 saturated heterocycles. The Balaban J connectivity index is 1.36. The molecule has 0 saturated carbocycles. The highest BCUT2D eigenvalue weighted by atomic mass is 16.3. The van der Waals surface area contributed by atoms with Crippen molar-refractivity contribution in [2.45, 2.75) is 25.9 Å². The van der Waals surface area contributed by atoms with E-state index in [2.05, 4.69) is 47.4 Å². The molecule has 1 aliphatic carbocycles. The zero-order chi connectivity index (χ0) is 19.3. The molecule has 2 heterocycles. The Labute approximate surface area is 165 Å². The van der Waals surface area contributed by atoms with Crippen molar-refractivity contribution < 1.29 is 9.21 Å². The van der Waals surface area contributed by atoms with Gasteiger partial charge in [0.2, 0.25) is 0 Å². The van der Waals surface area contributed by atoms with Crippen molar-refractivity contribution in [3.8, 4) is 11.1 Å². The minimum absolute atomic E-state index is 0.0926. The molecule has 2 aliphatic rings. The van der Waals surface area contributed by atoms with Gasteiger partial charge in [-0.1, -0.05) is 30.3 Å². The summed E-state index contributed by atoms with van der Waals surface area (Å²) in [6.07, 6.45) is 1.76. The van der Waals surface area contributed by atoms with Crippen LogP contribution in [0.1, 0.15) is 38.6 Å². The van der Waals surface area contributed by atoms with Gasteiger partial charge in [0, 0.05) is 12.1 Å². The Morgan fingerprint density at radius 1 is 1.04 bits per heavy atom. The summed E-state index contributed by atoms with van der Waals surface area (Å²) >= 11 is 0. The van der Waals surface area contributed by atoms with Gasteiger partial charge in [-0.2, -0.15) is 0 Å². The third-order valence-electron chi connectivity index (χ3n) is 5.73. The van der Waals surface area contributed by atoms with E-state index in [9.17, 15) is 4.79 Å². The van der Waals surface area contributed by atoms with E-state index >= 15 is 0 Å². The average Bonchev–Trinajstić information content (AvgIpc) is 3.25. The molecule has 3 aromatic rings. The van der Waals surface area contributed by atoms with Crippen LogP contribution in [0.5, 0.6) is 0 Å². The molecule has 142 valence electrons. The topological polar surface area (TPSA) is 36.7 Å². The van der Waals surface area contributed by atoms with Gasteiger partial charge >= 0.3 is 0 Å². The van der Waals surface area contributed by atoms with Crippen molar-refractivity contribution in [2.24, 2.45) is 0 Å². The van der Waals surface area contributed by atoms with Crippen LogP contribution in [-0.2, 0) is 25.9 Å². The maximum Gasteiger partial charge on any atom is 0.254 e. The number of hydrogen-bond donors (Lipinski definition) is 0. The number of benzene rings is 2. The van der Waals surface area contributed by atoms with Crippen LogP contribution in [0.2, 0.25) is 0 Å². The Kier molecular flexibility index (Phi) is 4.09. The molecule has 0 N–H and O–H groups in total. The van der Waals surface area contributed by atoms with Crippen molar-refractivity contribution in [3.63, 3.8) is 0 Å². The van der Waals surface area contributed by atoms with Crippen molar-refractivity contribution in [2.75, 3.05) is 20.6 Å². The zero-order valence-corrected chi connectivity index (χ0v) is 16.4. The SMILES string of the molecule is CN(C)Cc1cc2c(o1)CN(C(=O)c1ccc3c(c1)Cc1ccccc1-3)CC2. The van der Waals surface area contributed by atoms with Gasteiger partial charge < -0.3 is 14.2 Å². The largest absolute Gasteiger partial charge is 0.463 e. The second-order valence-corrected chi connectivity index (χ2v) is 8.08. The Morgan fingerprint density at radius 3 is 2.71 bits per heavy atom. The molecule has 4 heteroatoms. The molecule has 0 bridgehead atoms. The molecule has 0 radical (unpaired) electrons. The molecular formula is C24H24N2O2. The lowest BCUT2D eigenvalue weighted by atomic mass is 10.0. The minimum atomic E-state index is 0.0926. The first-order chi connectivity index (χ1) is 13.6. The number of furan rings is 1. The first-order valence-corrected chi connectivity index (χ1v) is 9.84. The first kappa shape index (κ1) is 17.3. The Bertz CT molecular complexity index is 1060. The maximum atomic E-state index is 13.1. The highest BCUT2D eigenvalue weighted by molar-refractivity contribution is 5.96. The molecule has 0 fully saturated rings. The number of carbonyl (C=O) groups excluding carboxylic acids is 1. The molecule has 28 heavy (non-hydrogen) atoms. The highest BCUT2D eigenvalue weighted by Crippen LogP contribution is 2.37. The number of fused-ring (bicyclic) bond motifs is 4. The van der Waals surface area contributed by atoms with Gasteiger partial charge in [-0.15, -0.1) is 0 Å². The van der Waals surface area contributed by atoms with Crippen LogP contribution < -0.4 is 0 Å². The molecular weight excluding hydrogens is 348 g/mol. The number of amides is 1. The summed E-state index contributed by atoms with van der Waals surface area (Å²) in [6, 6.07) is 16.8. The van der Waals surface area contributed by atoms with Crippen LogP contribution in [0, 0.1) is 0 Å². The lowest BCUT2D eigenvalue weighted by molar-refractivity contribution is 0.0718. The van der Waals surface area contributed by atoms with Crippen LogP contribution in [0.25, 0.3) is 11.1 Å². The quantitative estimate of drug-likeness (QED) is 0.543. The fraction of sp³-hybridized carbons (Fsp3) is 0.292. The summed E-state index contributed by atoms with van der Waals surface area (Å²) in [5.41, 5.74) is 7.15. The van der Waals surface area contributed by atoms with Crippen LogP contribution >= 0.6 is 0 Å². The minimum Gasteiger partial charge on any atom is -0.463 e. The summed E-state index contributed by atoms with van der Waals surface area (Å²) in [5.74, 6) is 2.00. The smallest absolute Gasteiger partial charge is 0.254 e. The molecule has 0 atom stereocenters. The maximum absolute atomic E-state index is 13.1. The lowest BCUT2D eigenvalue weighted by Gasteiger charge is -2.26. The second-order valence-electron chi connectivity index (χ2n) is 8.08. The van der Waals surface area contributed by atoms with Crippen LogP contribution in [0.15, 0.2) is 52.9 Å². The van der Waals surface area contributed by atoms with E-state index in [-0.39, 0.29) is 5.91 Å². The van der Waals surface area contributed by atoms with E-state index in [0.29, 0.717) is 6.54 Å². The molecule has 0 spiro atoms. The highest BCUT2D eigenvalue weighted by Gasteiger charge is 2.26. The van der Waals surface area contributed by atoms with Crippen molar-refractivity contribution in [1.82, 2.24) is 9.80 Å². The average molecular weight is 372 g/mol. The summed E-state index contributed by atoms with van der Waals surface area (Å²) < 4.78 is 6.01. The van der Waals surface area contributed by atoms with E-state index in [4.69, 9.17) is 4.42 Å². The van der Waals surface area contributed by atoms with Crippen LogP contribution in [-0.4, -0.2) is 36.3 Å². The molecule has 1 aliphatic heterocycles. The normalized spacial score (nSPS) is 14.8. The number of nitrogens with zero attached hydrogens (tertiary/aromatic N) is 2.